The van der Waals surface area contributed by atoms with Crippen molar-refractivity contribution >= 4 is 34.8 Å². The van der Waals surface area contributed by atoms with Gasteiger partial charge in [-0.05, 0) is 62.1 Å². The fourth-order valence-corrected chi connectivity index (χ4v) is 5.75. The summed E-state index contributed by atoms with van der Waals surface area (Å²) in [6, 6.07) is 7.23. The highest BCUT2D eigenvalue weighted by Crippen LogP contribution is 2.46. The molecule has 1 saturated heterocycles. The summed E-state index contributed by atoms with van der Waals surface area (Å²) in [6.45, 7) is 9.94. The lowest BCUT2D eigenvalue weighted by molar-refractivity contribution is -0.202. The molecule has 1 aromatic carbocycles. The second-order valence-corrected chi connectivity index (χ2v) is 12.6. The number of fused-ring (bicyclic) bond motifs is 4. The first-order valence-electron chi connectivity index (χ1n) is 14.8. The summed E-state index contributed by atoms with van der Waals surface area (Å²) in [6.07, 6.45) is -1.56. The van der Waals surface area contributed by atoms with Crippen molar-refractivity contribution in [1.82, 2.24) is 20.7 Å². The number of nitrogens with one attached hydrogen (secondary N) is 2. The maximum absolute atomic E-state index is 14.6. The highest BCUT2D eigenvalue weighted by molar-refractivity contribution is 5.88. The Morgan fingerprint density at radius 1 is 1.09 bits per heavy atom. The molecule has 0 radical (unpaired) electrons. The van der Waals surface area contributed by atoms with E-state index in [2.05, 4.69) is 15.7 Å². The molecule has 43 heavy (non-hydrogen) atoms. The van der Waals surface area contributed by atoms with Gasteiger partial charge in [-0.2, -0.15) is 13.2 Å². The molecule has 1 aromatic heterocycles. The average Bonchev–Trinajstić information content (AvgIpc) is 2.93. The Morgan fingerprint density at radius 2 is 1.79 bits per heavy atom. The van der Waals surface area contributed by atoms with Gasteiger partial charge in [0.25, 0.3) is 5.91 Å². The van der Waals surface area contributed by atoms with E-state index in [1.807, 2.05) is 12.1 Å². The second-order valence-electron chi connectivity index (χ2n) is 12.6. The summed E-state index contributed by atoms with van der Waals surface area (Å²) < 4.78 is 49.5. The minimum Gasteiger partial charge on any atom is -0.455 e. The van der Waals surface area contributed by atoms with Crippen LogP contribution in [0.15, 0.2) is 36.4 Å². The maximum Gasteiger partial charge on any atom is 0.392 e. The first kappa shape index (κ1) is 32.4. The van der Waals surface area contributed by atoms with Crippen molar-refractivity contribution in [2.75, 3.05) is 6.54 Å². The van der Waals surface area contributed by atoms with Crippen molar-refractivity contribution in [3.05, 3.63) is 47.7 Å². The fraction of sp³-hybridized carbons (Fsp3) is 0.562. The Morgan fingerprint density at radius 3 is 2.47 bits per heavy atom. The minimum absolute atomic E-state index is 0.303. The number of carbonyl (C=O) groups excluding carboxylic acids is 3. The van der Waals surface area contributed by atoms with E-state index in [1.54, 1.807) is 45.0 Å². The monoisotopic (exact) mass is 602 g/mol. The standard InChI is InChI=1S/C32H41F3N4O4/c1-18(2)23-17-27(32(33,34)35)31(5,6)14-13-21-9-10-22-11-12-24(37-26(22)16-21)20(4)43-30(42)25-8-7-15-39(38-25)29(41)19(3)36-28(23)40/h9-14,16,18-20,23,25,27,38H,7-8,15,17H2,1-6H3,(H,36,40)/b14-13+/t19-,20+,23-,25-,27+/m0/s1. The quantitative estimate of drug-likeness (QED) is 0.405. The van der Waals surface area contributed by atoms with E-state index in [9.17, 15) is 27.6 Å². The average molecular weight is 603 g/mol. The summed E-state index contributed by atoms with van der Waals surface area (Å²) in [5.41, 5.74) is 3.35. The highest BCUT2D eigenvalue weighted by Gasteiger charge is 2.49. The lowest BCUT2D eigenvalue weighted by Crippen LogP contribution is -2.59. The van der Waals surface area contributed by atoms with Crippen molar-refractivity contribution < 1.29 is 32.3 Å². The van der Waals surface area contributed by atoms with Crippen LogP contribution in [0.5, 0.6) is 0 Å². The van der Waals surface area contributed by atoms with Gasteiger partial charge in [0.2, 0.25) is 5.91 Å². The normalized spacial score (nSPS) is 28.5. The number of hydrogen-bond acceptors (Lipinski definition) is 6. The number of ether oxygens (including phenoxy) is 1. The molecule has 2 aromatic rings. The number of hydrazine groups is 1. The van der Waals surface area contributed by atoms with Crippen molar-refractivity contribution in [2.45, 2.75) is 85.2 Å². The third kappa shape index (κ3) is 7.55. The summed E-state index contributed by atoms with van der Waals surface area (Å²) in [5, 5.41) is 4.75. The van der Waals surface area contributed by atoms with Crippen LogP contribution in [0, 0.1) is 23.2 Å². The van der Waals surface area contributed by atoms with Crippen LogP contribution in [0.4, 0.5) is 13.2 Å². The molecule has 234 valence electrons. The first-order valence-corrected chi connectivity index (χ1v) is 14.8. The van der Waals surface area contributed by atoms with Crippen LogP contribution >= 0.6 is 0 Å². The number of amides is 2. The second kappa shape index (κ2) is 12.6. The van der Waals surface area contributed by atoms with Gasteiger partial charge in [0.1, 0.15) is 18.2 Å². The highest BCUT2D eigenvalue weighted by atomic mass is 19.4. The molecule has 5 bridgehead atoms. The number of benzene rings is 1. The van der Waals surface area contributed by atoms with E-state index in [4.69, 9.17) is 4.74 Å². The zero-order chi connectivity index (χ0) is 31.7. The molecule has 2 aliphatic rings. The predicted molar refractivity (Wildman–Crippen MR) is 157 cm³/mol. The molecular formula is C32H41F3N4O4. The van der Waals surface area contributed by atoms with Gasteiger partial charge in [-0.25, -0.2) is 10.4 Å². The first-order chi connectivity index (χ1) is 20.1. The minimum atomic E-state index is -4.58. The van der Waals surface area contributed by atoms with Gasteiger partial charge < -0.3 is 10.1 Å². The molecule has 5 atom stereocenters. The van der Waals surface area contributed by atoms with Crippen LogP contribution in [0.2, 0.25) is 0 Å². The summed E-state index contributed by atoms with van der Waals surface area (Å²) in [4.78, 5) is 44.4. The number of carbonyl (C=O) groups is 3. The van der Waals surface area contributed by atoms with Gasteiger partial charge in [0, 0.05) is 17.8 Å². The number of rotatable bonds is 1. The van der Waals surface area contributed by atoms with E-state index in [-0.39, 0.29) is 0 Å². The lowest BCUT2D eigenvalue weighted by Gasteiger charge is -2.37. The van der Waals surface area contributed by atoms with Gasteiger partial charge in [0.15, 0.2) is 0 Å². The lowest BCUT2D eigenvalue weighted by atomic mass is 9.71. The van der Waals surface area contributed by atoms with Gasteiger partial charge in [-0.15, -0.1) is 0 Å². The molecule has 0 aliphatic carbocycles. The van der Waals surface area contributed by atoms with Crippen molar-refractivity contribution in [1.29, 1.82) is 0 Å². The van der Waals surface area contributed by atoms with Crippen LogP contribution in [0.1, 0.15) is 78.2 Å². The number of aromatic nitrogens is 1. The molecule has 0 spiro atoms. The molecule has 0 saturated carbocycles. The van der Waals surface area contributed by atoms with E-state index in [0.717, 1.165) is 5.39 Å². The fourth-order valence-electron chi connectivity index (χ4n) is 5.75. The van der Waals surface area contributed by atoms with Crippen molar-refractivity contribution in [3.8, 4) is 0 Å². The van der Waals surface area contributed by atoms with Crippen molar-refractivity contribution in [3.63, 3.8) is 0 Å². The molecular weight excluding hydrogens is 561 g/mol. The topological polar surface area (TPSA) is 101 Å². The van der Waals surface area contributed by atoms with Crippen molar-refractivity contribution in [2.24, 2.45) is 23.2 Å². The van der Waals surface area contributed by atoms with Gasteiger partial charge in [0.05, 0.1) is 17.1 Å². The van der Waals surface area contributed by atoms with E-state index in [0.29, 0.717) is 36.2 Å². The zero-order valence-corrected chi connectivity index (χ0v) is 25.5. The Balaban J connectivity index is 1.76. The molecule has 8 nitrogen and oxygen atoms in total. The van der Waals surface area contributed by atoms with E-state index >= 15 is 0 Å². The number of allylic oxidation sites excluding steroid dienone is 1. The zero-order valence-electron chi connectivity index (χ0n) is 25.5. The van der Waals surface area contributed by atoms with Crippen LogP contribution in [-0.4, -0.2) is 52.6 Å². The number of cyclic esters (lactones) is 1. The largest absolute Gasteiger partial charge is 0.455 e. The smallest absolute Gasteiger partial charge is 0.392 e. The summed E-state index contributed by atoms with van der Waals surface area (Å²) >= 11 is 0. The Kier molecular flexibility index (Phi) is 9.54. The molecule has 2 N–H and O–H groups in total. The van der Waals surface area contributed by atoms with E-state index in [1.165, 1.54) is 31.9 Å². The Labute approximate surface area is 250 Å². The molecule has 2 aliphatic heterocycles. The number of halogens is 3. The Hall–Kier alpha value is -3.47. The molecule has 0 unspecified atom stereocenters. The van der Waals surface area contributed by atoms with Crippen LogP contribution in [-0.2, 0) is 19.1 Å². The molecule has 11 heteroatoms. The maximum atomic E-state index is 14.6. The number of pyridine rings is 1. The van der Waals surface area contributed by atoms with Gasteiger partial charge in [-0.3, -0.25) is 19.4 Å². The molecule has 2 amide bonds. The predicted octanol–water partition coefficient (Wildman–Crippen LogP) is 5.73. The Bertz CT molecular complexity index is 1390. The third-order valence-corrected chi connectivity index (χ3v) is 8.54. The molecule has 1 fully saturated rings. The summed E-state index contributed by atoms with van der Waals surface area (Å²) in [5.74, 6) is -4.88. The number of nitrogens with zero attached hydrogens (tertiary/aromatic N) is 2. The SMILES string of the molecule is CC(C)[C@@H]1C[C@@H](C(F)(F)F)C(C)(C)/C=C/c2ccc3ccc(nc3c2)[C@@H](C)OC(=O)[C@@H]2CCCN(N2)C(=O)[C@H](C)NC1=O. The number of hydrogen-bond donors (Lipinski definition) is 2. The van der Waals surface area contributed by atoms with Gasteiger partial charge >= 0.3 is 12.1 Å². The molecule has 4 rings (SSSR count). The van der Waals surface area contributed by atoms with Crippen LogP contribution < -0.4 is 10.7 Å². The van der Waals surface area contributed by atoms with Crippen LogP contribution in [0.25, 0.3) is 17.0 Å². The van der Waals surface area contributed by atoms with Gasteiger partial charge in [-0.1, -0.05) is 58.0 Å². The number of esters is 1. The van der Waals surface area contributed by atoms with E-state index < -0.39 is 71.7 Å². The number of alkyl halides is 3. The molecule has 3 heterocycles. The summed E-state index contributed by atoms with van der Waals surface area (Å²) in [7, 11) is 0. The third-order valence-electron chi connectivity index (χ3n) is 8.54. The van der Waals surface area contributed by atoms with Crippen LogP contribution in [0.3, 0.4) is 0 Å².